The second kappa shape index (κ2) is 6.36. The molecule has 0 radical (unpaired) electrons. The molecule has 2 N–H and O–H groups in total. The van der Waals surface area contributed by atoms with Crippen LogP contribution in [0.2, 0.25) is 0 Å². The summed E-state index contributed by atoms with van der Waals surface area (Å²) >= 11 is 0. The summed E-state index contributed by atoms with van der Waals surface area (Å²) in [7, 11) is 0. The summed E-state index contributed by atoms with van der Waals surface area (Å²) in [6, 6.07) is 0. The number of carbonyl (C=O) groups excluding carboxylic acids is 1. The van der Waals surface area contributed by atoms with Crippen LogP contribution in [0.4, 0.5) is 5.82 Å². The van der Waals surface area contributed by atoms with Crippen LogP contribution in [0, 0.1) is 0 Å². The standard InChI is InChI=1S/C14H16N6O/c21-14(20-13-9-16-5-6-17-13)12-8-18-11(7-19-12)10-1-3-15-4-2-10/h5-10,15H,1-4H2,(H,17,20,21). The number of rotatable bonds is 3. The second-order valence-electron chi connectivity index (χ2n) is 4.90. The van der Waals surface area contributed by atoms with Gasteiger partial charge in [-0.15, -0.1) is 0 Å². The molecule has 2 aromatic heterocycles. The van der Waals surface area contributed by atoms with Crippen molar-refractivity contribution in [3.8, 4) is 0 Å². The molecule has 1 amide bonds. The van der Waals surface area contributed by atoms with Crippen molar-refractivity contribution in [2.24, 2.45) is 0 Å². The average molecular weight is 284 g/mol. The Kier molecular flexibility index (Phi) is 4.11. The SMILES string of the molecule is O=C(Nc1cnccn1)c1cnc(C2CCNCC2)cn1. The van der Waals surface area contributed by atoms with Gasteiger partial charge in [-0.3, -0.25) is 14.8 Å². The minimum absolute atomic E-state index is 0.276. The quantitative estimate of drug-likeness (QED) is 0.873. The highest BCUT2D eigenvalue weighted by molar-refractivity contribution is 6.01. The van der Waals surface area contributed by atoms with E-state index in [0.717, 1.165) is 31.6 Å². The van der Waals surface area contributed by atoms with Gasteiger partial charge in [0.25, 0.3) is 5.91 Å². The molecule has 0 atom stereocenters. The molecular formula is C14H16N6O. The molecular weight excluding hydrogens is 268 g/mol. The van der Waals surface area contributed by atoms with E-state index < -0.39 is 0 Å². The number of piperidine rings is 1. The number of hydrogen-bond donors (Lipinski definition) is 2. The molecule has 108 valence electrons. The number of carbonyl (C=O) groups is 1. The first-order valence-electron chi connectivity index (χ1n) is 6.93. The fourth-order valence-corrected chi connectivity index (χ4v) is 2.33. The smallest absolute Gasteiger partial charge is 0.277 e. The molecule has 0 spiro atoms. The molecule has 0 unspecified atom stereocenters. The van der Waals surface area contributed by atoms with Gasteiger partial charge in [-0.1, -0.05) is 0 Å². The Hall–Kier alpha value is -2.41. The molecule has 0 bridgehead atoms. The number of nitrogens with one attached hydrogen (secondary N) is 2. The summed E-state index contributed by atoms with van der Waals surface area (Å²) in [5, 5.41) is 5.95. The van der Waals surface area contributed by atoms with Crippen LogP contribution >= 0.6 is 0 Å². The first-order valence-corrected chi connectivity index (χ1v) is 6.93. The Balaban J connectivity index is 1.67. The van der Waals surface area contributed by atoms with Crippen molar-refractivity contribution in [1.29, 1.82) is 0 Å². The van der Waals surface area contributed by atoms with Crippen LogP contribution < -0.4 is 10.6 Å². The van der Waals surface area contributed by atoms with Crippen molar-refractivity contribution in [2.45, 2.75) is 18.8 Å². The van der Waals surface area contributed by atoms with Crippen molar-refractivity contribution in [3.05, 3.63) is 42.4 Å². The maximum absolute atomic E-state index is 12.0. The van der Waals surface area contributed by atoms with E-state index in [-0.39, 0.29) is 11.6 Å². The van der Waals surface area contributed by atoms with Gasteiger partial charge in [0.05, 0.1) is 18.1 Å². The number of nitrogens with zero attached hydrogens (tertiary/aromatic N) is 4. The number of hydrogen-bond acceptors (Lipinski definition) is 6. The lowest BCUT2D eigenvalue weighted by molar-refractivity contribution is 0.102. The lowest BCUT2D eigenvalue weighted by Gasteiger charge is -2.21. The zero-order chi connectivity index (χ0) is 14.5. The Labute approximate surface area is 122 Å². The summed E-state index contributed by atoms with van der Waals surface area (Å²) < 4.78 is 0. The topological polar surface area (TPSA) is 92.7 Å². The van der Waals surface area contributed by atoms with Gasteiger partial charge >= 0.3 is 0 Å². The predicted molar refractivity (Wildman–Crippen MR) is 76.9 cm³/mol. The molecule has 21 heavy (non-hydrogen) atoms. The Bertz CT molecular complexity index is 595. The third-order valence-electron chi connectivity index (χ3n) is 3.47. The van der Waals surface area contributed by atoms with Gasteiger partial charge in [0.1, 0.15) is 5.69 Å². The number of aromatic nitrogens is 4. The second-order valence-corrected chi connectivity index (χ2v) is 4.90. The predicted octanol–water partition coefficient (Wildman–Crippen LogP) is 0.986. The average Bonchev–Trinajstić information content (AvgIpc) is 2.57. The van der Waals surface area contributed by atoms with Gasteiger partial charge in [0, 0.05) is 24.5 Å². The Morgan fingerprint density at radius 2 is 1.95 bits per heavy atom. The highest BCUT2D eigenvalue weighted by Gasteiger charge is 2.17. The molecule has 0 aromatic carbocycles. The van der Waals surface area contributed by atoms with E-state index in [1.54, 1.807) is 12.4 Å². The van der Waals surface area contributed by atoms with Crippen molar-refractivity contribution in [1.82, 2.24) is 25.3 Å². The van der Waals surface area contributed by atoms with Crippen molar-refractivity contribution in [2.75, 3.05) is 18.4 Å². The molecule has 1 aliphatic heterocycles. The van der Waals surface area contributed by atoms with Gasteiger partial charge in [-0.05, 0) is 25.9 Å². The lowest BCUT2D eigenvalue weighted by Crippen LogP contribution is -2.27. The highest BCUT2D eigenvalue weighted by Crippen LogP contribution is 2.22. The molecule has 1 aliphatic rings. The highest BCUT2D eigenvalue weighted by atomic mass is 16.1. The number of anilines is 1. The van der Waals surface area contributed by atoms with Gasteiger partial charge in [-0.25, -0.2) is 9.97 Å². The van der Waals surface area contributed by atoms with Gasteiger partial charge in [0.15, 0.2) is 5.82 Å². The minimum atomic E-state index is -0.333. The van der Waals surface area contributed by atoms with E-state index in [4.69, 9.17) is 0 Å². The minimum Gasteiger partial charge on any atom is -0.317 e. The van der Waals surface area contributed by atoms with Gasteiger partial charge < -0.3 is 10.6 Å². The van der Waals surface area contributed by atoms with E-state index in [1.165, 1.54) is 18.6 Å². The fraction of sp³-hybridized carbons (Fsp3) is 0.357. The first-order chi connectivity index (χ1) is 10.3. The van der Waals surface area contributed by atoms with E-state index in [2.05, 4.69) is 30.6 Å². The van der Waals surface area contributed by atoms with Crippen LogP contribution in [-0.2, 0) is 0 Å². The van der Waals surface area contributed by atoms with E-state index in [1.807, 2.05) is 0 Å². The zero-order valence-electron chi connectivity index (χ0n) is 11.5. The summed E-state index contributed by atoms with van der Waals surface area (Å²) in [4.78, 5) is 28.5. The van der Waals surface area contributed by atoms with Crippen molar-refractivity contribution >= 4 is 11.7 Å². The molecule has 2 aromatic rings. The number of amides is 1. The Morgan fingerprint density at radius 1 is 1.10 bits per heavy atom. The summed E-state index contributed by atoms with van der Waals surface area (Å²) in [6.45, 7) is 2.00. The Morgan fingerprint density at radius 3 is 2.62 bits per heavy atom. The van der Waals surface area contributed by atoms with Crippen LogP contribution in [0.1, 0.15) is 34.9 Å². The third-order valence-corrected chi connectivity index (χ3v) is 3.47. The van der Waals surface area contributed by atoms with Crippen LogP contribution in [0.15, 0.2) is 31.0 Å². The molecule has 0 aliphatic carbocycles. The fourth-order valence-electron chi connectivity index (χ4n) is 2.33. The molecule has 0 saturated carbocycles. The molecule has 7 heteroatoms. The summed E-state index contributed by atoms with van der Waals surface area (Å²) in [5.41, 5.74) is 1.23. The van der Waals surface area contributed by atoms with Gasteiger partial charge in [0.2, 0.25) is 0 Å². The summed E-state index contributed by atoms with van der Waals surface area (Å²) in [5.74, 6) is 0.488. The van der Waals surface area contributed by atoms with Crippen LogP contribution in [0.5, 0.6) is 0 Å². The molecule has 1 fully saturated rings. The largest absolute Gasteiger partial charge is 0.317 e. The van der Waals surface area contributed by atoms with Gasteiger partial charge in [-0.2, -0.15) is 0 Å². The maximum Gasteiger partial charge on any atom is 0.277 e. The maximum atomic E-state index is 12.0. The van der Waals surface area contributed by atoms with Crippen LogP contribution in [0.25, 0.3) is 0 Å². The molecule has 7 nitrogen and oxygen atoms in total. The molecule has 3 rings (SSSR count). The molecule has 3 heterocycles. The van der Waals surface area contributed by atoms with E-state index in [9.17, 15) is 4.79 Å². The summed E-state index contributed by atoms with van der Waals surface area (Å²) in [6.07, 6.45) is 9.86. The normalized spacial score (nSPS) is 15.6. The van der Waals surface area contributed by atoms with Crippen LogP contribution in [0.3, 0.4) is 0 Å². The third kappa shape index (κ3) is 3.38. The van der Waals surface area contributed by atoms with Crippen LogP contribution in [-0.4, -0.2) is 38.9 Å². The first kappa shape index (κ1) is 13.6. The van der Waals surface area contributed by atoms with E-state index >= 15 is 0 Å². The monoisotopic (exact) mass is 284 g/mol. The van der Waals surface area contributed by atoms with Crippen molar-refractivity contribution in [3.63, 3.8) is 0 Å². The molecule has 1 saturated heterocycles. The lowest BCUT2D eigenvalue weighted by atomic mass is 9.95. The van der Waals surface area contributed by atoms with Crippen molar-refractivity contribution < 1.29 is 4.79 Å². The van der Waals surface area contributed by atoms with E-state index in [0.29, 0.717) is 11.7 Å². The zero-order valence-corrected chi connectivity index (χ0v) is 11.5.